The van der Waals surface area contributed by atoms with Crippen molar-refractivity contribution in [1.82, 2.24) is 0 Å². The molecule has 2 aliphatic rings. The van der Waals surface area contributed by atoms with Gasteiger partial charge in [0.1, 0.15) is 6.10 Å². The highest BCUT2D eigenvalue weighted by atomic mass is 16.5. The number of rotatable bonds is 3. The van der Waals surface area contributed by atoms with E-state index in [4.69, 9.17) is 9.47 Å². The maximum atomic E-state index is 11.6. The van der Waals surface area contributed by atoms with Crippen molar-refractivity contribution in [2.45, 2.75) is 63.6 Å². The van der Waals surface area contributed by atoms with Crippen LogP contribution in [0.4, 0.5) is 0 Å². The van der Waals surface area contributed by atoms with E-state index < -0.39 is 0 Å². The molecule has 0 aromatic heterocycles. The molecule has 0 bridgehead atoms. The maximum absolute atomic E-state index is 11.6. The topological polar surface area (TPSA) is 35.5 Å². The molecule has 1 atom stereocenters. The second kappa shape index (κ2) is 5.50. The first-order valence-corrected chi connectivity index (χ1v) is 6.15. The molecule has 1 unspecified atom stereocenters. The molecule has 0 spiro atoms. The first-order chi connectivity index (χ1) is 7.34. The summed E-state index contributed by atoms with van der Waals surface area (Å²) >= 11 is 0. The van der Waals surface area contributed by atoms with Gasteiger partial charge in [-0.25, -0.2) is 0 Å². The third-order valence-electron chi connectivity index (χ3n) is 3.27. The highest BCUT2D eigenvalue weighted by Crippen LogP contribution is 2.22. The van der Waals surface area contributed by atoms with Crippen molar-refractivity contribution >= 4 is 5.97 Å². The maximum Gasteiger partial charge on any atom is 0.308 e. The quantitative estimate of drug-likeness (QED) is 0.674. The molecule has 0 aromatic rings. The van der Waals surface area contributed by atoms with Gasteiger partial charge in [-0.15, -0.1) is 0 Å². The van der Waals surface area contributed by atoms with Crippen LogP contribution in [0.2, 0.25) is 0 Å². The zero-order valence-electron chi connectivity index (χ0n) is 9.24. The molecule has 1 aliphatic heterocycles. The molecule has 0 amide bonds. The highest BCUT2D eigenvalue weighted by Gasteiger charge is 2.23. The number of esters is 1. The fourth-order valence-electron chi connectivity index (χ4n) is 2.41. The van der Waals surface area contributed by atoms with Gasteiger partial charge in [-0.05, 0) is 38.5 Å². The minimum atomic E-state index is -0.0613. The van der Waals surface area contributed by atoms with Crippen molar-refractivity contribution in [1.29, 1.82) is 0 Å². The van der Waals surface area contributed by atoms with Gasteiger partial charge in [0, 0.05) is 6.61 Å². The van der Waals surface area contributed by atoms with Crippen LogP contribution in [0.1, 0.15) is 51.4 Å². The molecule has 1 aliphatic carbocycles. The van der Waals surface area contributed by atoms with Crippen LogP contribution in [0, 0.1) is 0 Å². The molecule has 0 radical (unpaired) electrons. The van der Waals surface area contributed by atoms with Gasteiger partial charge in [-0.2, -0.15) is 0 Å². The second-order valence-corrected chi connectivity index (χ2v) is 4.59. The van der Waals surface area contributed by atoms with E-state index in [1.165, 1.54) is 19.3 Å². The Morgan fingerprint density at radius 2 is 1.93 bits per heavy atom. The number of carbonyl (C=O) groups is 1. The zero-order valence-corrected chi connectivity index (χ0v) is 9.24. The predicted molar refractivity (Wildman–Crippen MR) is 56.6 cm³/mol. The van der Waals surface area contributed by atoms with Crippen molar-refractivity contribution < 1.29 is 14.3 Å². The molecular weight excluding hydrogens is 192 g/mol. The molecule has 2 rings (SSSR count). The van der Waals surface area contributed by atoms with Crippen LogP contribution >= 0.6 is 0 Å². The Balaban J connectivity index is 1.66. The van der Waals surface area contributed by atoms with Crippen molar-refractivity contribution in [3.8, 4) is 0 Å². The van der Waals surface area contributed by atoms with Crippen molar-refractivity contribution in [3.63, 3.8) is 0 Å². The Kier molecular flexibility index (Phi) is 4.01. The Morgan fingerprint density at radius 3 is 2.60 bits per heavy atom. The van der Waals surface area contributed by atoms with Gasteiger partial charge in [0.25, 0.3) is 0 Å². The average Bonchev–Trinajstić information content (AvgIpc) is 2.71. The van der Waals surface area contributed by atoms with Crippen LogP contribution in [-0.4, -0.2) is 24.8 Å². The molecule has 3 nitrogen and oxygen atoms in total. The molecular formula is C12H20O3. The molecule has 1 heterocycles. The van der Waals surface area contributed by atoms with E-state index in [2.05, 4.69) is 0 Å². The van der Waals surface area contributed by atoms with Gasteiger partial charge in [0.15, 0.2) is 0 Å². The molecule has 3 heteroatoms. The lowest BCUT2D eigenvalue weighted by Crippen LogP contribution is -2.23. The normalized spacial score (nSPS) is 27.9. The van der Waals surface area contributed by atoms with E-state index in [0.29, 0.717) is 6.42 Å². The molecule has 86 valence electrons. The Hall–Kier alpha value is -0.570. The van der Waals surface area contributed by atoms with Crippen LogP contribution in [0.5, 0.6) is 0 Å². The molecule has 0 aromatic carbocycles. The summed E-state index contributed by atoms with van der Waals surface area (Å²) in [5, 5.41) is 0. The van der Waals surface area contributed by atoms with Gasteiger partial charge in [-0.1, -0.05) is 6.42 Å². The number of carbonyl (C=O) groups excluding carboxylic acids is 1. The standard InChI is InChI=1S/C12H20O3/c13-12(9-11-7-4-8-14-11)15-10-5-2-1-3-6-10/h10-11H,1-9H2. The highest BCUT2D eigenvalue weighted by molar-refractivity contribution is 5.70. The van der Waals surface area contributed by atoms with Gasteiger partial charge >= 0.3 is 5.97 Å². The SMILES string of the molecule is O=C(CC1CCCO1)OC1CCCCC1. The van der Waals surface area contributed by atoms with Crippen LogP contribution in [0.25, 0.3) is 0 Å². The minimum absolute atomic E-state index is 0.0613. The van der Waals surface area contributed by atoms with Crippen molar-refractivity contribution in [2.75, 3.05) is 6.61 Å². The summed E-state index contributed by atoms with van der Waals surface area (Å²) in [5.74, 6) is -0.0613. The summed E-state index contributed by atoms with van der Waals surface area (Å²) in [6.07, 6.45) is 8.68. The largest absolute Gasteiger partial charge is 0.462 e. The Bertz CT molecular complexity index is 203. The molecule has 1 saturated carbocycles. The average molecular weight is 212 g/mol. The van der Waals surface area contributed by atoms with Gasteiger partial charge < -0.3 is 9.47 Å². The third-order valence-corrected chi connectivity index (χ3v) is 3.27. The van der Waals surface area contributed by atoms with Crippen LogP contribution in [-0.2, 0) is 14.3 Å². The molecule has 2 fully saturated rings. The van der Waals surface area contributed by atoms with E-state index in [1.54, 1.807) is 0 Å². The second-order valence-electron chi connectivity index (χ2n) is 4.59. The van der Waals surface area contributed by atoms with Gasteiger partial charge in [-0.3, -0.25) is 4.79 Å². The lowest BCUT2D eigenvalue weighted by atomic mass is 9.98. The monoisotopic (exact) mass is 212 g/mol. The number of hydrogen-bond acceptors (Lipinski definition) is 3. The van der Waals surface area contributed by atoms with Crippen molar-refractivity contribution in [2.24, 2.45) is 0 Å². The number of hydrogen-bond donors (Lipinski definition) is 0. The van der Waals surface area contributed by atoms with E-state index in [0.717, 1.165) is 32.3 Å². The predicted octanol–water partition coefficient (Wildman–Crippen LogP) is 2.43. The smallest absolute Gasteiger partial charge is 0.308 e. The van der Waals surface area contributed by atoms with Gasteiger partial charge in [0.05, 0.1) is 12.5 Å². The van der Waals surface area contributed by atoms with Crippen molar-refractivity contribution in [3.05, 3.63) is 0 Å². The summed E-state index contributed by atoms with van der Waals surface area (Å²) < 4.78 is 10.8. The van der Waals surface area contributed by atoms with Gasteiger partial charge in [0.2, 0.25) is 0 Å². The summed E-state index contributed by atoms with van der Waals surface area (Å²) in [7, 11) is 0. The lowest BCUT2D eigenvalue weighted by molar-refractivity contribution is -0.152. The summed E-state index contributed by atoms with van der Waals surface area (Å²) in [5.41, 5.74) is 0. The number of ether oxygens (including phenoxy) is 2. The third kappa shape index (κ3) is 3.49. The van der Waals surface area contributed by atoms with E-state index in [-0.39, 0.29) is 18.2 Å². The molecule has 0 N–H and O–H groups in total. The lowest BCUT2D eigenvalue weighted by Gasteiger charge is -2.22. The minimum Gasteiger partial charge on any atom is -0.462 e. The zero-order chi connectivity index (χ0) is 10.5. The Morgan fingerprint density at radius 1 is 1.13 bits per heavy atom. The van der Waals surface area contributed by atoms with E-state index in [9.17, 15) is 4.79 Å². The first kappa shape index (κ1) is 10.9. The fourth-order valence-corrected chi connectivity index (χ4v) is 2.41. The Labute approximate surface area is 91.1 Å². The molecule has 15 heavy (non-hydrogen) atoms. The van der Waals surface area contributed by atoms with Crippen LogP contribution in [0.15, 0.2) is 0 Å². The van der Waals surface area contributed by atoms with Crippen LogP contribution in [0.3, 0.4) is 0 Å². The summed E-state index contributed by atoms with van der Waals surface area (Å²) in [6.45, 7) is 0.807. The fraction of sp³-hybridized carbons (Fsp3) is 0.917. The van der Waals surface area contributed by atoms with E-state index in [1.807, 2.05) is 0 Å². The summed E-state index contributed by atoms with van der Waals surface area (Å²) in [4.78, 5) is 11.6. The van der Waals surface area contributed by atoms with Crippen LogP contribution < -0.4 is 0 Å². The first-order valence-electron chi connectivity index (χ1n) is 6.15. The van der Waals surface area contributed by atoms with E-state index >= 15 is 0 Å². The summed E-state index contributed by atoms with van der Waals surface area (Å²) in [6, 6.07) is 0. The molecule has 1 saturated heterocycles.